The zero-order valence-electron chi connectivity index (χ0n) is 16.0. The van der Waals surface area contributed by atoms with Crippen molar-refractivity contribution in [1.29, 1.82) is 0 Å². The Morgan fingerprint density at radius 2 is 1.75 bits per heavy atom. The lowest BCUT2D eigenvalue weighted by atomic mass is 10.1. The van der Waals surface area contributed by atoms with Crippen LogP contribution in [0.2, 0.25) is 0 Å². The summed E-state index contributed by atoms with van der Waals surface area (Å²) in [6, 6.07) is 14.5. The minimum atomic E-state index is 0.743. The van der Waals surface area contributed by atoms with E-state index in [0.29, 0.717) is 0 Å². The normalized spacial score (nSPS) is 14.7. The Bertz CT molecular complexity index is 1130. The summed E-state index contributed by atoms with van der Waals surface area (Å²) in [5, 5.41) is 4.52. The first-order valence-corrected chi connectivity index (χ1v) is 10.3. The van der Waals surface area contributed by atoms with Crippen molar-refractivity contribution in [2.45, 2.75) is 0 Å². The van der Waals surface area contributed by atoms with E-state index in [0.717, 1.165) is 69.6 Å². The van der Waals surface area contributed by atoms with Crippen molar-refractivity contribution in [1.82, 2.24) is 20.3 Å². The third kappa shape index (κ3) is 2.96. The summed E-state index contributed by atoms with van der Waals surface area (Å²) in [7, 11) is 3.98. The molecule has 0 atom stereocenters. The first kappa shape index (κ1) is 17.3. The van der Waals surface area contributed by atoms with E-state index in [2.05, 4.69) is 34.5 Å². The molecule has 1 aliphatic rings. The van der Waals surface area contributed by atoms with Crippen molar-refractivity contribution in [3.05, 3.63) is 42.5 Å². The zero-order chi connectivity index (χ0) is 19.1. The number of thiophene rings is 1. The molecule has 0 bridgehead atoms. The number of benzene rings is 1. The van der Waals surface area contributed by atoms with Gasteiger partial charge in [-0.15, -0.1) is 11.3 Å². The Morgan fingerprint density at radius 3 is 2.50 bits per heavy atom. The summed E-state index contributed by atoms with van der Waals surface area (Å²) in [6.07, 6.45) is 0. The number of piperazine rings is 1. The number of nitrogens with zero attached hydrogens (tertiary/aromatic N) is 5. The van der Waals surface area contributed by atoms with Gasteiger partial charge in [0, 0.05) is 51.2 Å². The molecule has 4 heterocycles. The van der Waals surface area contributed by atoms with Crippen LogP contribution in [0.4, 0.5) is 11.8 Å². The number of aromatic nitrogens is 3. The van der Waals surface area contributed by atoms with Gasteiger partial charge >= 0.3 is 0 Å². The van der Waals surface area contributed by atoms with Crippen LogP contribution >= 0.6 is 11.3 Å². The summed E-state index contributed by atoms with van der Waals surface area (Å²) < 4.78 is 1.13. The fraction of sp³-hybridized carbons (Fsp3) is 0.286. The van der Waals surface area contributed by atoms with Crippen molar-refractivity contribution in [2.24, 2.45) is 0 Å². The van der Waals surface area contributed by atoms with Crippen molar-refractivity contribution in [3.63, 3.8) is 0 Å². The number of pyridine rings is 1. The van der Waals surface area contributed by atoms with Gasteiger partial charge in [0.05, 0.1) is 15.9 Å². The Hall–Kier alpha value is -2.77. The van der Waals surface area contributed by atoms with Crippen LogP contribution in [0.1, 0.15) is 0 Å². The standard InChI is InChI=1S/C21H22N6S/c1-26(2)21-24-17-15-8-9-16(14-6-4-3-5-7-14)23-20(15)28-18(17)19(25-21)27-12-10-22-11-13-27/h3-9,22H,10-13H2,1-2H3. The number of anilines is 2. The van der Waals surface area contributed by atoms with Gasteiger partial charge in [0.25, 0.3) is 0 Å². The van der Waals surface area contributed by atoms with Gasteiger partial charge in [0.1, 0.15) is 4.83 Å². The van der Waals surface area contributed by atoms with Crippen LogP contribution in [0.15, 0.2) is 42.5 Å². The maximum absolute atomic E-state index is 4.95. The second-order valence-corrected chi connectivity index (χ2v) is 8.17. The Labute approximate surface area is 167 Å². The molecule has 0 spiro atoms. The fourth-order valence-electron chi connectivity index (χ4n) is 3.56. The minimum absolute atomic E-state index is 0.743. The van der Waals surface area contributed by atoms with Gasteiger partial charge in [-0.2, -0.15) is 4.98 Å². The molecule has 142 valence electrons. The molecule has 0 amide bonds. The molecule has 1 N–H and O–H groups in total. The highest BCUT2D eigenvalue weighted by molar-refractivity contribution is 7.26. The predicted molar refractivity (Wildman–Crippen MR) is 118 cm³/mol. The van der Waals surface area contributed by atoms with Crippen LogP contribution < -0.4 is 15.1 Å². The van der Waals surface area contributed by atoms with Crippen molar-refractivity contribution >= 4 is 43.5 Å². The van der Waals surface area contributed by atoms with E-state index in [1.54, 1.807) is 11.3 Å². The van der Waals surface area contributed by atoms with Gasteiger partial charge in [0.15, 0.2) is 5.82 Å². The average Bonchev–Trinajstić information content (AvgIpc) is 3.12. The maximum atomic E-state index is 4.95. The zero-order valence-corrected chi connectivity index (χ0v) is 16.8. The first-order chi connectivity index (χ1) is 13.7. The second-order valence-electron chi connectivity index (χ2n) is 7.17. The molecule has 1 saturated heterocycles. The van der Waals surface area contributed by atoms with Crippen LogP contribution in [-0.2, 0) is 0 Å². The lowest BCUT2D eigenvalue weighted by Gasteiger charge is -2.29. The van der Waals surface area contributed by atoms with Gasteiger partial charge < -0.3 is 15.1 Å². The van der Waals surface area contributed by atoms with Crippen molar-refractivity contribution in [2.75, 3.05) is 50.1 Å². The second kappa shape index (κ2) is 7.00. The van der Waals surface area contributed by atoms with E-state index in [9.17, 15) is 0 Å². The van der Waals surface area contributed by atoms with Crippen LogP contribution in [0.5, 0.6) is 0 Å². The molecule has 5 rings (SSSR count). The summed E-state index contributed by atoms with van der Waals surface area (Å²) in [5.74, 6) is 1.77. The van der Waals surface area contributed by atoms with E-state index < -0.39 is 0 Å². The SMILES string of the molecule is CN(C)c1nc(N2CCNCC2)c2sc3nc(-c4ccccc4)ccc3c2n1. The third-order valence-corrected chi connectivity index (χ3v) is 6.12. The number of fused-ring (bicyclic) bond motifs is 3. The summed E-state index contributed by atoms with van der Waals surface area (Å²) >= 11 is 1.69. The molecule has 0 unspecified atom stereocenters. The van der Waals surface area contributed by atoms with Gasteiger partial charge in [-0.05, 0) is 12.1 Å². The lowest BCUT2D eigenvalue weighted by molar-refractivity contribution is 0.586. The third-order valence-electron chi connectivity index (χ3n) is 5.04. The maximum Gasteiger partial charge on any atom is 0.227 e. The van der Waals surface area contributed by atoms with Gasteiger partial charge in [0.2, 0.25) is 5.95 Å². The molecular formula is C21H22N6S. The fourth-order valence-corrected chi connectivity index (χ4v) is 4.69. The predicted octanol–water partition coefficient (Wildman–Crippen LogP) is 3.38. The number of rotatable bonds is 3. The van der Waals surface area contributed by atoms with Gasteiger partial charge in [-0.3, -0.25) is 0 Å². The molecule has 28 heavy (non-hydrogen) atoms. The molecule has 0 radical (unpaired) electrons. The van der Waals surface area contributed by atoms with E-state index in [-0.39, 0.29) is 0 Å². The highest BCUT2D eigenvalue weighted by Gasteiger charge is 2.21. The monoisotopic (exact) mass is 390 g/mol. The molecule has 1 aromatic carbocycles. The lowest BCUT2D eigenvalue weighted by Crippen LogP contribution is -2.44. The molecule has 0 aliphatic carbocycles. The van der Waals surface area contributed by atoms with Crippen LogP contribution in [0.3, 0.4) is 0 Å². The summed E-state index contributed by atoms with van der Waals surface area (Å²) in [4.78, 5) is 20.1. The highest BCUT2D eigenvalue weighted by Crippen LogP contribution is 2.38. The van der Waals surface area contributed by atoms with Crippen LogP contribution in [0, 0.1) is 0 Å². The van der Waals surface area contributed by atoms with E-state index >= 15 is 0 Å². The van der Waals surface area contributed by atoms with E-state index in [1.807, 2.05) is 37.2 Å². The Morgan fingerprint density at radius 1 is 0.964 bits per heavy atom. The Balaban J connectivity index is 1.72. The summed E-state index contributed by atoms with van der Waals surface area (Å²) in [6.45, 7) is 3.86. The Kier molecular flexibility index (Phi) is 4.33. The first-order valence-electron chi connectivity index (χ1n) is 9.50. The topological polar surface area (TPSA) is 57.2 Å². The van der Waals surface area contributed by atoms with Crippen LogP contribution in [-0.4, -0.2) is 55.2 Å². The molecule has 0 saturated carbocycles. The van der Waals surface area contributed by atoms with Crippen molar-refractivity contribution < 1.29 is 0 Å². The number of hydrogen-bond acceptors (Lipinski definition) is 7. The molecule has 4 aromatic rings. The van der Waals surface area contributed by atoms with Gasteiger partial charge in [-0.1, -0.05) is 30.3 Å². The molecule has 7 heteroatoms. The van der Waals surface area contributed by atoms with Crippen molar-refractivity contribution in [3.8, 4) is 11.3 Å². The number of hydrogen-bond donors (Lipinski definition) is 1. The average molecular weight is 391 g/mol. The minimum Gasteiger partial charge on any atom is -0.353 e. The molecular weight excluding hydrogens is 368 g/mol. The number of nitrogens with one attached hydrogen (secondary N) is 1. The van der Waals surface area contributed by atoms with E-state index in [1.165, 1.54) is 0 Å². The molecule has 3 aromatic heterocycles. The molecule has 1 fully saturated rings. The van der Waals surface area contributed by atoms with E-state index in [4.69, 9.17) is 15.0 Å². The largest absolute Gasteiger partial charge is 0.353 e. The highest BCUT2D eigenvalue weighted by atomic mass is 32.1. The van der Waals surface area contributed by atoms with Crippen LogP contribution in [0.25, 0.3) is 31.7 Å². The van der Waals surface area contributed by atoms with Gasteiger partial charge in [-0.25, -0.2) is 9.97 Å². The smallest absolute Gasteiger partial charge is 0.227 e. The summed E-state index contributed by atoms with van der Waals surface area (Å²) in [5.41, 5.74) is 3.12. The molecule has 6 nitrogen and oxygen atoms in total. The molecule has 1 aliphatic heterocycles. The quantitative estimate of drug-likeness (QED) is 0.579.